The van der Waals surface area contributed by atoms with E-state index in [2.05, 4.69) is 38.8 Å². The van der Waals surface area contributed by atoms with Gasteiger partial charge >= 0.3 is 6.01 Å². The second kappa shape index (κ2) is 8.04. The highest BCUT2D eigenvalue weighted by molar-refractivity contribution is 7.98. The lowest BCUT2D eigenvalue weighted by Crippen LogP contribution is -2.17. The van der Waals surface area contributed by atoms with E-state index in [1.54, 1.807) is 7.05 Å². The molecule has 0 fully saturated rings. The first-order chi connectivity index (χ1) is 9.05. The molecule has 0 aromatic carbocycles. The van der Waals surface area contributed by atoms with Crippen molar-refractivity contribution in [1.29, 1.82) is 0 Å². The van der Waals surface area contributed by atoms with Crippen LogP contribution in [0.15, 0.2) is 0 Å². The van der Waals surface area contributed by atoms with Gasteiger partial charge in [-0.3, -0.25) is 0 Å². The Morgan fingerprint density at radius 1 is 1.16 bits per heavy atom. The summed E-state index contributed by atoms with van der Waals surface area (Å²) in [7, 11) is 1.77. The molecule has 1 atom stereocenters. The number of aromatic nitrogens is 3. The molecule has 7 heteroatoms. The Kier molecular flexibility index (Phi) is 6.69. The molecule has 0 amide bonds. The summed E-state index contributed by atoms with van der Waals surface area (Å²) in [6.45, 7) is 6.90. The maximum Gasteiger partial charge on any atom is 0.323 e. The van der Waals surface area contributed by atoms with Crippen molar-refractivity contribution in [1.82, 2.24) is 15.0 Å². The van der Waals surface area contributed by atoms with E-state index >= 15 is 0 Å². The normalized spacial score (nSPS) is 12.3. The predicted octanol–water partition coefficient (Wildman–Crippen LogP) is 2.11. The molecule has 6 nitrogen and oxygen atoms in total. The van der Waals surface area contributed by atoms with Gasteiger partial charge in [0, 0.05) is 13.6 Å². The first kappa shape index (κ1) is 15.8. The molecule has 0 saturated carbocycles. The summed E-state index contributed by atoms with van der Waals surface area (Å²) < 4.78 is 5.51. The highest BCUT2D eigenvalue weighted by atomic mass is 32.2. The van der Waals surface area contributed by atoms with Crippen LogP contribution in [0.1, 0.15) is 20.8 Å². The topological polar surface area (TPSA) is 72.0 Å². The Balaban J connectivity index is 2.70. The van der Waals surface area contributed by atoms with Gasteiger partial charge in [0.2, 0.25) is 11.9 Å². The number of rotatable bonds is 8. The summed E-state index contributed by atoms with van der Waals surface area (Å²) in [6, 6.07) is 0.342. The zero-order valence-electron chi connectivity index (χ0n) is 12.2. The SMILES string of the molecule is CNc1nc(NCC(C)CSC)nc(OC(C)C)n1. The first-order valence-corrected chi connectivity index (χ1v) is 7.77. The van der Waals surface area contributed by atoms with Crippen molar-refractivity contribution in [3.8, 4) is 6.01 Å². The van der Waals surface area contributed by atoms with E-state index in [1.165, 1.54) is 0 Å². The lowest BCUT2D eigenvalue weighted by atomic mass is 10.2. The van der Waals surface area contributed by atoms with Gasteiger partial charge in [0.15, 0.2) is 0 Å². The van der Waals surface area contributed by atoms with Crippen molar-refractivity contribution in [3.05, 3.63) is 0 Å². The van der Waals surface area contributed by atoms with Crippen LogP contribution in [0.25, 0.3) is 0 Å². The second-order valence-electron chi connectivity index (χ2n) is 4.62. The Morgan fingerprint density at radius 2 is 1.84 bits per heavy atom. The molecular weight excluding hydrogens is 262 g/mol. The van der Waals surface area contributed by atoms with Crippen molar-refractivity contribution < 1.29 is 4.74 Å². The van der Waals surface area contributed by atoms with E-state index in [9.17, 15) is 0 Å². The monoisotopic (exact) mass is 285 g/mol. The third-order valence-corrected chi connectivity index (χ3v) is 3.14. The Morgan fingerprint density at radius 3 is 2.42 bits per heavy atom. The van der Waals surface area contributed by atoms with Crippen molar-refractivity contribution in [3.63, 3.8) is 0 Å². The van der Waals surface area contributed by atoms with Gasteiger partial charge in [-0.2, -0.15) is 26.7 Å². The second-order valence-corrected chi connectivity index (χ2v) is 5.53. The van der Waals surface area contributed by atoms with Gasteiger partial charge in [-0.15, -0.1) is 0 Å². The summed E-state index contributed by atoms with van der Waals surface area (Å²) >= 11 is 1.83. The van der Waals surface area contributed by atoms with Gasteiger partial charge < -0.3 is 15.4 Å². The predicted molar refractivity (Wildman–Crippen MR) is 81.2 cm³/mol. The van der Waals surface area contributed by atoms with E-state index in [0.717, 1.165) is 12.3 Å². The molecule has 2 N–H and O–H groups in total. The molecule has 0 spiro atoms. The van der Waals surface area contributed by atoms with Crippen LogP contribution < -0.4 is 15.4 Å². The van der Waals surface area contributed by atoms with Crippen LogP contribution in [-0.2, 0) is 0 Å². The van der Waals surface area contributed by atoms with Crippen LogP contribution in [0.5, 0.6) is 6.01 Å². The summed E-state index contributed by atoms with van der Waals surface area (Å²) in [5.74, 6) is 2.71. The molecule has 0 aliphatic heterocycles. The summed E-state index contributed by atoms with van der Waals surface area (Å²) in [4.78, 5) is 12.7. The van der Waals surface area contributed by atoms with Crippen LogP contribution >= 0.6 is 11.8 Å². The molecule has 0 aliphatic carbocycles. The van der Waals surface area contributed by atoms with Gasteiger partial charge in [0.05, 0.1) is 6.10 Å². The minimum absolute atomic E-state index is 0.0374. The maximum atomic E-state index is 5.51. The van der Waals surface area contributed by atoms with E-state index in [-0.39, 0.29) is 6.10 Å². The van der Waals surface area contributed by atoms with Gasteiger partial charge in [0.1, 0.15) is 0 Å². The molecular formula is C12H23N5OS. The summed E-state index contributed by atoms with van der Waals surface area (Å²) in [5, 5.41) is 6.13. The highest BCUT2D eigenvalue weighted by Crippen LogP contribution is 2.13. The fourth-order valence-corrected chi connectivity index (χ4v) is 2.11. The zero-order chi connectivity index (χ0) is 14.3. The molecule has 108 valence electrons. The molecule has 19 heavy (non-hydrogen) atoms. The van der Waals surface area contributed by atoms with E-state index in [4.69, 9.17) is 4.74 Å². The molecule has 0 saturated heterocycles. The van der Waals surface area contributed by atoms with Crippen molar-refractivity contribution in [2.75, 3.05) is 36.2 Å². The average molecular weight is 285 g/mol. The highest BCUT2D eigenvalue weighted by Gasteiger charge is 2.09. The lowest BCUT2D eigenvalue weighted by molar-refractivity contribution is 0.222. The van der Waals surface area contributed by atoms with Crippen LogP contribution in [0.2, 0.25) is 0 Å². The van der Waals surface area contributed by atoms with Crippen molar-refractivity contribution in [2.24, 2.45) is 5.92 Å². The third kappa shape index (κ3) is 5.96. The first-order valence-electron chi connectivity index (χ1n) is 6.38. The zero-order valence-corrected chi connectivity index (χ0v) is 13.0. The number of hydrogen-bond donors (Lipinski definition) is 2. The number of hydrogen-bond acceptors (Lipinski definition) is 7. The largest absolute Gasteiger partial charge is 0.461 e. The number of nitrogens with one attached hydrogen (secondary N) is 2. The van der Waals surface area contributed by atoms with E-state index in [0.29, 0.717) is 23.8 Å². The van der Waals surface area contributed by atoms with Crippen LogP contribution in [0.4, 0.5) is 11.9 Å². The Bertz CT molecular complexity index is 388. The van der Waals surface area contributed by atoms with Crippen LogP contribution in [0, 0.1) is 5.92 Å². The van der Waals surface area contributed by atoms with Crippen LogP contribution in [0.3, 0.4) is 0 Å². The van der Waals surface area contributed by atoms with Gasteiger partial charge in [-0.1, -0.05) is 6.92 Å². The standard InChI is InChI=1S/C12H23N5OS/c1-8(2)18-12-16-10(13-4)15-11(17-12)14-6-9(3)7-19-5/h8-9H,6-7H2,1-5H3,(H2,13,14,15,16,17). The fraction of sp³-hybridized carbons (Fsp3) is 0.750. The quantitative estimate of drug-likeness (QED) is 0.758. The molecule has 0 aliphatic rings. The Hall–Kier alpha value is -1.24. The maximum absolute atomic E-state index is 5.51. The Labute approximate surface area is 119 Å². The molecule has 1 unspecified atom stereocenters. The minimum atomic E-state index is 0.0374. The fourth-order valence-electron chi connectivity index (χ4n) is 1.42. The van der Waals surface area contributed by atoms with Gasteiger partial charge in [0.25, 0.3) is 0 Å². The number of nitrogens with zero attached hydrogens (tertiary/aromatic N) is 3. The van der Waals surface area contributed by atoms with E-state index in [1.807, 2.05) is 25.6 Å². The average Bonchev–Trinajstić information content (AvgIpc) is 2.35. The number of ether oxygens (including phenoxy) is 1. The molecule has 1 aromatic heterocycles. The van der Waals surface area contributed by atoms with E-state index < -0.39 is 0 Å². The van der Waals surface area contributed by atoms with Gasteiger partial charge in [-0.25, -0.2) is 0 Å². The molecule has 1 heterocycles. The summed E-state index contributed by atoms with van der Waals surface area (Å²) in [5.41, 5.74) is 0. The van der Waals surface area contributed by atoms with Crippen molar-refractivity contribution >= 4 is 23.7 Å². The van der Waals surface area contributed by atoms with Crippen molar-refractivity contribution in [2.45, 2.75) is 26.9 Å². The molecule has 1 rings (SSSR count). The lowest BCUT2D eigenvalue weighted by Gasteiger charge is -2.13. The summed E-state index contributed by atoms with van der Waals surface area (Å²) in [6.07, 6.45) is 2.14. The van der Waals surface area contributed by atoms with Gasteiger partial charge in [-0.05, 0) is 31.8 Å². The number of thioether (sulfide) groups is 1. The van der Waals surface area contributed by atoms with Crippen LogP contribution in [-0.4, -0.2) is 46.7 Å². The molecule has 0 bridgehead atoms. The number of anilines is 2. The smallest absolute Gasteiger partial charge is 0.323 e. The minimum Gasteiger partial charge on any atom is -0.461 e. The molecule has 0 radical (unpaired) electrons. The third-order valence-electron chi connectivity index (χ3n) is 2.24. The molecule has 1 aromatic rings.